The molecule has 0 radical (unpaired) electrons. The molecule has 1 fully saturated rings. The van der Waals surface area contributed by atoms with Crippen molar-refractivity contribution in [3.05, 3.63) is 52.3 Å². The number of benzene rings is 1. The number of amides is 2. The van der Waals surface area contributed by atoms with Gasteiger partial charge >= 0.3 is 0 Å². The lowest BCUT2D eigenvalue weighted by Crippen LogP contribution is -2.46. The Kier molecular flexibility index (Phi) is 7.96. The van der Waals surface area contributed by atoms with Gasteiger partial charge in [0.05, 0.1) is 18.1 Å². The van der Waals surface area contributed by atoms with E-state index >= 15 is 0 Å². The molecular weight excluding hydrogens is 450 g/mol. The average molecular weight is 484 g/mol. The number of H-pyrrole nitrogens is 1. The normalized spacial score (nSPS) is 21.3. The lowest BCUT2D eigenvalue weighted by atomic mass is 9.92. The van der Waals surface area contributed by atoms with Crippen molar-refractivity contribution in [2.75, 3.05) is 22.1 Å². The molecule has 2 aromatic rings. The molecule has 1 saturated heterocycles. The lowest BCUT2D eigenvalue weighted by Gasteiger charge is -2.39. The number of hydrogen-bond acceptors (Lipinski definition) is 6. The fraction of sp³-hybridized carbons (Fsp3) is 0.440. The molecule has 5 N–H and O–H groups in total. The zero-order chi connectivity index (χ0) is 24.4. The second-order valence-electron chi connectivity index (χ2n) is 8.92. The van der Waals surface area contributed by atoms with E-state index in [1.807, 2.05) is 6.92 Å². The Morgan fingerprint density at radius 3 is 2.49 bits per heavy atom. The van der Waals surface area contributed by atoms with Gasteiger partial charge in [-0.1, -0.05) is 6.58 Å². The highest BCUT2D eigenvalue weighted by atomic mass is 16.5. The summed E-state index contributed by atoms with van der Waals surface area (Å²) in [5.41, 5.74) is 1.12. The maximum atomic E-state index is 13.1. The van der Waals surface area contributed by atoms with E-state index in [0.29, 0.717) is 24.0 Å². The third-order valence-electron chi connectivity index (χ3n) is 6.49. The minimum atomic E-state index is -0.941. The van der Waals surface area contributed by atoms with Gasteiger partial charge in [-0.15, -0.1) is 0 Å². The monoisotopic (exact) mass is 483 g/mol. The minimum absolute atomic E-state index is 0. The maximum Gasteiger partial charge on any atom is 0.258 e. The molecule has 2 aliphatic heterocycles. The zero-order valence-electron chi connectivity index (χ0n) is 20.3. The van der Waals surface area contributed by atoms with E-state index in [-0.39, 0.29) is 41.3 Å². The number of hydrogen-bond donors (Lipinski definition) is 3. The van der Waals surface area contributed by atoms with E-state index in [0.717, 1.165) is 24.8 Å². The Bertz CT molecular complexity index is 1150. The van der Waals surface area contributed by atoms with Gasteiger partial charge in [0.2, 0.25) is 17.8 Å². The van der Waals surface area contributed by atoms with Crippen LogP contribution in [-0.4, -0.2) is 45.9 Å². The van der Waals surface area contributed by atoms with Gasteiger partial charge in [0.1, 0.15) is 11.6 Å². The van der Waals surface area contributed by atoms with Crippen molar-refractivity contribution >= 4 is 35.0 Å². The molecule has 0 spiro atoms. The zero-order valence-corrected chi connectivity index (χ0v) is 20.3. The van der Waals surface area contributed by atoms with Gasteiger partial charge < -0.3 is 25.7 Å². The smallest absolute Gasteiger partial charge is 0.258 e. The van der Waals surface area contributed by atoms with Crippen molar-refractivity contribution in [1.82, 2.24) is 9.97 Å². The Morgan fingerprint density at radius 2 is 1.86 bits per heavy atom. The number of aromatic nitrogens is 2. The number of ether oxygens (including phenoxy) is 1. The summed E-state index contributed by atoms with van der Waals surface area (Å²) in [5, 5.41) is 5.50. The second kappa shape index (κ2) is 10.7. The van der Waals surface area contributed by atoms with Gasteiger partial charge in [0, 0.05) is 29.8 Å². The number of anilines is 3. The number of nitrogens with one attached hydrogen (secondary N) is 3. The van der Waals surface area contributed by atoms with Crippen molar-refractivity contribution in [2.24, 2.45) is 0 Å². The summed E-state index contributed by atoms with van der Waals surface area (Å²) in [4.78, 5) is 48.2. The largest absolute Gasteiger partial charge is 0.494 e. The Morgan fingerprint density at radius 1 is 1.20 bits per heavy atom. The van der Waals surface area contributed by atoms with Crippen LogP contribution in [0.25, 0.3) is 5.76 Å². The molecule has 35 heavy (non-hydrogen) atoms. The van der Waals surface area contributed by atoms with Crippen LogP contribution in [0.5, 0.6) is 0 Å². The molecule has 2 amide bonds. The van der Waals surface area contributed by atoms with Crippen LogP contribution in [0, 0.1) is 0 Å². The first-order valence-electron chi connectivity index (χ1n) is 11.7. The summed E-state index contributed by atoms with van der Waals surface area (Å²) in [7, 11) is 0. The van der Waals surface area contributed by atoms with Crippen molar-refractivity contribution in [2.45, 2.75) is 64.5 Å². The van der Waals surface area contributed by atoms with Gasteiger partial charge in [-0.05, 0) is 64.3 Å². The molecule has 2 aliphatic rings. The Labute approximate surface area is 204 Å². The van der Waals surface area contributed by atoms with E-state index in [4.69, 9.17) is 4.74 Å². The quantitative estimate of drug-likeness (QED) is 0.538. The fourth-order valence-corrected chi connectivity index (χ4v) is 4.77. The van der Waals surface area contributed by atoms with Crippen LogP contribution in [0.3, 0.4) is 0 Å². The molecule has 3 unspecified atom stereocenters. The molecule has 4 rings (SSSR count). The first kappa shape index (κ1) is 26.0. The van der Waals surface area contributed by atoms with Gasteiger partial charge in [0.15, 0.2) is 0 Å². The van der Waals surface area contributed by atoms with Crippen LogP contribution in [0.4, 0.5) is 17.5 Å². The SMILES string of the molecule is C=C(OCC)c1ccc(NC(=O)C2CC(=O)Nc3nc(N4C(C)CCCC4C)[nH]c(=O)c32)cc1.O. The van der Waals surface area contributed by atoms with Crippen LogP contribution in [-0.2, 0) is 14.3 Å². The number of carbonyl (C=O) groups excluding carboxylic acids is 2. The van der Waals surface area contributed by atoms with Crippen LogP contribution < -0.4 is 21.1 Å². The highest BCUT2D eigenvalue weighted by molar-refractivity contribution is 6.04. The summed E-state index contributed by atoms with van der Waals surface area (Å²) in [6, 6.07) is 7.46. The van der Waals surface area contributed by atoms with E-state index in [9.17, 15) is 14.4 Å². The van der Waals surface area contributed by atoms with Crippen LogP contribution in [0.2, 0.25) is 0 Å². The van der Waals surface area contributed by atoms with E-state index in [1.54, 1.807) is 24.3 Å². The Balaban J connectivity index is 0.00000342. The number of piperidine rings is 1. The predicted octanol–water partition coefficient (Wildman–Crippen LogP) is 2.78. The third-order valence-corrected chi connectivity index (χ3v) is 6.49. The van der Waals surface area contributed by atoms with E-state index < -0.39 is 17.4 Å². The molecule has 0 aliphatic carbocycles. The minimum Gasteiger partial charge on any atom is -0.494 e. The molecule has 1 aromatic carbocycles. The topological polar surface area (TPSA) is 148 Å². The lowest BCUT2D eigenvalue weighted by molar-refractivity contribution is -0.123. The average Bonchev–Trinajstić information content (AvgIpc) is 2.78. The van der Waals surface area contributed by atoms with Crippen molar-refractivity contribution in [3.8, 4) is 0 Å². The summed E-state index contributed by atoms with van der Waals surface area (Å²) < 4.78 is 5.40. The standard InChI is InChI=1S/C25H31N5O4.H2O/c1-5-34-16(4)17-9-11-18(12-10-17)26-23(32)19-13-20(31)27-22-21(19)24(33)29-25(28-22)30-14(2)7-6-8-15(30)3;/h9-12,14-15,19H,4-8,13H2,1-3H3,(H,26,32)(H2,27,28,29,31,33);1H2. The highest BCUT2D eigenvalue weighted by Gasteiger charge is 2.36. The molecular formula is C25H33N5O5. The van der Waals surface area contributed by atoms with Gasteiger partial charge in [-0.3, -0.25) is 19.4 Å². The molecule has 3 heterocycles. The van der Waals surface area contributed by atoms with E-state index in [2.05, 4.69) is 45.9 Å². The van der Waals surface area contributed by atoms with Gasteiger partial charge in [-0.25, -0.2) is 0 Å². The number of rotatable bonds is 6. The Hall–Kier alpha value is -3.66. The highest BCUT2D eigenvalue weighted by Crippen LogP contribution is 2.32. The number of aromatic amines is 1. The fourth-order valence-electron chi connectivity index (χ4n) is 4.77. The number of carbonyl (C=O) groups is 2. The first-order valence-corrected chi connectivity index (χ1v) is 11.7. The summed E-state index contributed by atoms with van der Waals surface area (Å²) in [5.74, 6) is -0.599. The second-order valence-corrected chi connectivity index (χ2v) is 8.92. The van der Waals surface area contributed by atoms with Gasteiger partial charge in [0.25, 0.3) is 5.56 Å². The van der Waals surface area contributed by atoms with Crippen molar-refractivity contribution in [3.63, 3.8) is 0 Å². The summed E-state index contributed by atoms with van der Waals surface area (Å²) in [6.45, 7) is 10.5. The number of fused-ring (bicyclic) bond motifs is 1. The first-order chi connectivity index (χ1) is 16.3. The number of nitrogens with zero attached hydrogens (tertiary/aromatic N) is 2. The molecule has 3 atom stereocenters. The molecule has 0 bridgehead atoms. The predicted molar refractivity (Wildman–Crippen MR) is 135 cm³/mol. The molecule has 1 aromatic heterocycles. The van der Waals surface area contributed by atoms with Crippen molar-refractivity contribution in [1.29, 1.82) is 0 Å². The maximum absolute atomic E-state index is 13.1. The molecule has 188 valence electrons. The third kappa shape index (κ3) is 5.37. The van der Waals surface area contributed by atoms with Crippen LogP contribution in [0.1, 0.15) is 63.5 Å². The van der Waals surface area contributed by atoms with E-state index in [1.165, 1.54) is 0 Å². The van der Waals surface area contributed by atoms with Gasteiger partial charge in [-0.2, -0.15) is 4.98 Å². The van der Waals surface area contributed by atoms with Crippen LogP contribution in [0.15, 0.2) is 35.6 Å². The molecule has 10 heteroatoms. The molecule has 0 saturated carbocycles. The summed E-state index contributed by atoms with van der Waals surface area (Å²) in [6.07, 6.45) is 2.99. The summed E-state index contributed by atoms with van der Waals surface area (Å²) >= 11 is 0. The molecule has 10 nitrogen and oxygen atoms in total. The van der Waals surface area contributed by atoms with Crippen molar-refractivity contribution < 1.29 is 19.8 Å². The van der Waals surface area contributed by atoms with Crippen LogP contribution >= 0.6 is 0 Å².